The van der Waals surface area contributed by atoms with Gasteiger partial charge in [-0.05, 0) is 18.2 Å². The van der Waals surface area contributed by atoms with Gasteiger partial charge < -0.3 is 0 Å². The van der Waals surface area contributed by atoms with Gasteiger partial charge in [0.15, 0.2) is 0 Å². The molecule has 0 saturated carbocycles. The molecule has 4 heteroatoms. The second kappa shape index (κ2) is 3.09. The van der Waals surface area contributed by atoms with Crippen molar-refractivity contribution in [2.75, 3.05) is 0 Å². The van der Waals surface area contributed by atoms with Crippen LogP contribution in [0.5, 0.6) is 0 Å². The van der Waals surface area contributed by atoms with E-state index in [4.69, 9.17) is 23.2 Å². The van der Waals surface area contributed by atoms with Crippen molar-refractivity contribution in [2.24, 2.45) is 0 Å². The highest BCUT2D eigenvalue weighted by Gasteiger charge is 2.03. The Morgan fingerprint density at radius 3 is 2.58 bits per heavy atom. The van der Waals surface area contributed by atoms with Gasteiger partial charge >= 0.3 is 0 Å². The zero-order valence-electron chi connectivity index (χ0n) is 5.89. The van der Waals surface area contributed by atoms with Gasteiger partial charge in [-0.15, -0.1) is 0 Å². The first-order chi connectivity index (χ1) is 5.68. The number of fused-ring (bicyclic) bond motifs is 1. The largest absolute Gasteiger partial charge is 0.290 e. The Kier molecular flexibility index (Phi) is 2.23. The standard InChI is InChI=1S/C8H4Cl2IN/c9-6-3-5-1-2-12(11)8(5)4-7(6)10/h1-4H. The summed E-state index contributed by atoms with van der Waals surface area (Å²) in [6.45, 7) is 0. The first-order valence-electron chi connectivity index (χ1n) is 3.31. The van der Waals surface area contributed by atoms with Crippen molar-refractivity contribution in [1.82, 2.24) is 2.78 Å². The zero-order chi connectivity index (χ0) is 8.72. The summed E-state index contributed by atoms with van der Waals surface area (Å²) in [5.41, 5.74) is 1.09. The molecular weight excluding hydrogens is 308 g/mol. The lowest BCUT2D eigenvalue weighted by Gasteiger charge is -1.97. The first kappa shape index (κ1) is 8.66. The molecule has 0 radical (unpaired) electrons. The van der Waals surface area contributed by atoms with Crippen molar-refractivity contribution in [1.29, 1.82) is 0 Å². The van der Waals surface area contributed by atoms with Crippen molar-refractivity contribution >= 4 is 57.0 Å². The van der Waals surface area contributed by atoms with Crippen molar-refractivity contribution < 1.29 is 0 Å². The van der Waals surface area contributed by atoms with Gasteiger partial charge in [0, 0.05) is 11.6 Å². The summed E-state index contributed by atoms with van der Waals surface area (Å²) in [6.07, 6.45) is 1.97. The molecule has 0 aliphatic heterocycles. The van der Waals surface area contributed by atoms with Gasteiger partial charge in [-0.1, -0.05) is 23.2 Å². The van der Waals surface area contributed by atoms with Crippen LogP contribution in [0.3, 0.4) is 0 Å². The summed E-state index contributed by atoms with van der Waals surface area (Å²) < 4.78 is 1.98. The third-order valence-electron chi connectivity index (χ3n) is 1.68. The number of halogens is 3. The molecule has 1 heterocycles. The van der Waals surface area contributed by atoms with Crippen molar-refractivity contribution in [2.45, 2.75) is 0 Å². The van der Waals surface area contributed by atoms with Gasteiger partial charge in [0.1, 0.15) is 0 Å². The van der Waals surface area contributed by atoms with Gasteiger partial charge in [0.05, 0.1) is 38.4 Å². The number of rotatable bonds is 0. The van der Waals surface area contributed by atoms with Crippen LogP contribution in [0.4, 0.5) is 0 Å². The highest BCUT2D eigenvalue weighted by atomic mass is 127. The van der Waals surface area contributed by atoms with E-state index in [1.54, 1.807) is 0 Å². The van der Waals surface area contributed by atoms with Gasteiger partial charge in [0.25, 0.3) is 0 Å². The summed E-state index contributed by atoms with van der Waals surface area (Å²) >= 11 is 13.9. The molecule has 0 fully saturated rings. The molecule has 12 heavy (non-hydrogen) atoms. The molecule has 0 atom stereocenters. The Morgan fingerprint density at radius 2 is 1.83 bits per heavy atom. The van der Waals surface area contributed by atoms with E-state index in [0.29, 0.717) is 10.0 Å². The molecule has 0 aliphatic carbocycles. The normalized spacial score (nSPS) is 10.9. The van der Waals surface area contributed by atoms with Crippen LogP contribution in [0.15, 0.2) is 24.4 Å². The molecule has 0 saturated heterocycles. The molecule has 62 valence electrons. The molecule has 0 unspecified atom stereocenters. The van der Waals surface area contributed by atoms with Gasteiger partial charge in [-0.2, -0.15) is 0 Å². The summed E-state index contributed by atoms with van der Waals surface area (Å²) in [4.78, 5) is 0. The minimum Gasteiger partial charge on any atom is -0.290 e. The fourth-order valence-electron chi connectivity index (χ4n) is 1.10. The monoisotopic (exact) mass is 311 g/mol. The Balaban J connectivity index is 2.87. The van der Waals surface area contributed by atoms with Crippen LogP contribution in [-0.2, 0) is 0 Å². The van der Waals surface area contributed by atoms with E-state index in [0.717, 1.165) is 10.9 Å². The predicted molar refractivity (Wildman–Crippen MR) is 61.4 cm³/mol. The Hall–Kier alpha value is 0.0700. The number of hydrogen-bond acceptors (Lipinski definition) is 0. The maximum atomic E-state index is 5.87. The predicted octanol–water partition coefficient (Wildman–Crippen LogP) is 4.15. The fraction of sp³-hybridized carbons (Fsp3) is 0. The summed E-state index contributed by atoms with van der Waals surface area (Å²) in [5, 5.41) is 2.31. The van der Waals surface area contributed by atoms with E-state index in [2.05, 4.69) is 22.9 Å². The minimum atomic E-state index is 0.598. The summed E-state index contributed by atoms with van der Waals surface area (Å²) in [7, 11) is 0. The van der Waals surface area contributed by atoms with E-state index in [1.807, 2.05) is 27.2 Å². The molecule has 0 N–H and O–H groups in total. The van der Waals surface area contributed by atoms with Crippen molar-refractivity contribution in [3.05, 3.63) is 34.4 Å². The lowest BCUT2D eigenvalue weighted by Crippen LogP contribution is -1.75. The molecule has 1 nitrogen and oxygen atoms in total. The topological polar surface area (TPSA) is 4.93 Å². The van der Waals surface area contributed by atoms with Gasteiger partial charge in [0.2, 0.25) is 0 Å². The van der Waals surface area contributed by atoms with Crippen LogP contribution in [0.2, 0.25) is 10.0 Å². The minimum absolute atomic E-state index is 0.598. The van der Waals surface area contributed by atoms with E-state index in [-0.39, 0.29) is 0 Å². The SMILES string of the molecule is Clc1cc2ccn(I)c2cc1Cl. The smallest absolute Gasteiger partial charge is 0.0640 e. The fourth-order valence-corrected chi connectivity index (χ4v) is 2.00. The third kappa shape index (κ3) is 1.32. The molecule has 2 aromatic rings. The molecule has 0 spiro atoms. The second-order valence-electron chi connectivity index (χ2n) is 2.45. The van der Waals surface area contributed by atoms with E-state index in [1.165, 1.54) is 0 Å². The quantitative estimate of drug-likeness (QED) is 0.644. The van der Waals surface area contributed by atoms with Gasteiger partial charge in [-0.25, -0.2) is 0 Å². The highest BCUT2D eigenvalue weighted by Crippen LogP contribution is 2.29. The van der Waals surface area contributed by atoms with Crippen LogP contribution in [0.1, 0.15) is 0 Å². The average Bonchev–Trinajstić information content (AvgIpc) is 2.35. The Labute approximate surface area is 93.8 Å². The second-order valence-corrected chi connectivity index (χ2v) is 4.31. The third-order valence-corrected chi connectivity index (χ3v) is 3.25. The Bertz CT molecular complexity index is 436. The molecule has 0 aliphatic rings. The van der Waals surface area contributed by atoms with Gasteiger partial charge in [-0.3, -0.25) is 2.78 Å². The zero-order valence-corrected chi connectivity index (χ0v) is 9.56. The van der Waals surface area contributed by atoms with Crippen LogP contribution in [0, 0.1) is 0 Å². The highest BCUT2D eigenvalue weighted by molar-refractivity contribution is 14.1. The molecule has 2 rings (SSSR count). The molecule has 1 aromatic carbocycles. The van der Waals surface area contributed by atoms with Crippen LogP contribution in [0.25, 0.3) is 10.9 Å². The first-order valence-corrected chi connectivity index (χ1v) is 5.03. The van der Waals surface area contributed by atoms with Crippen molar-refractivity contribution in [3.63, 3.8) is 0 Å². The number of nitrogens with zero attached hydrogens (tertiary/aromatic N) is 1. The van der Waals surface area contributed by atoms with E-state index < -0.39 is 0 Å². The molecule has 1 aromatic heterocycles. The summed E-state index contributed by atoms with van der Waals surface area (Å²) in [6, 6.07) is 5.74. The maximum absolute atomic E-state index is 5.87. The van der Waals surface area contributed by atoms with Crippen LogP contribution in [-0.4, -0.2) is 2.78 Å². The van der Waals surface area contributed by atoms with Crippen LogP contribution < -0.4 is 0 Å². The molecule has 0 bridgehead atoms. The van der Waals surface area contributed by atoms with E-state index >= 15 is 0 Å². The number of benzene rings is 1. The van der Waals surface area contributed by atoms with Crippen LogP contribution >= 0.6 is 46.1 Å². The maximum Gasteiger partial charge on any atom is 0.0640 e. The van der Waals surface area contributed by atoms with E-state index in [9.17, 15) is 0 Å². The lowest BCUT2D eigenvalue weighted by molar-refractivity contribution is 1.42. The molecule has 0 amide bonds. The molecular formula is C8H4Cl2IN. The summed E-state index contributed by atoms with van der Waals surface area (Å²) in [5.74, 6) is 0. The average molecular weight is 312 g/mol. The number of hydrogen-bond donors (Lipinski definition) is 0. The van der Waals surface area contributed by atoms with Crippen molar-refractivity contribution in [3.8, 4) is 0 Å². The Morgan fingerprint density at radius 1 is 1.17 bits per heavy atom. The number of aromatic nitrogens is 1. The lowest BCUT2D eigenvalue weighted by atomic mass is 10.2.